The van der Waals surface area contributed by atoms with Crippen molar-refractivity contribution >= 4 is 5.91 Å². The summed E-state index contributed by atoms with van der Waals surface area (Å²) in [5.74, 6) is 5.76. The standard InChI is InChI=1S/C33H58N2O/c1-24(13-18-31(36)35-23-9-22-34-26-11-5-4-6-12-26)28-16-17-29-27-15-14-25-10-7-8-20-32(25,2)30(27)19-21-33(28,29)3/h24-30,34H,4-23H2,1-3H3,(H,35,36)/t24-,25?,27+,28-,29+,30+,32+,33-/m1/s1. The van der Waals surface area contributed by atoms with Gasteiger partial charge in [0.1, 0.15) is 0 Å². The lowest BCUT2D eigenvalue weighted by Crippen LogP contribution is -2.53. The highest BCUT2D eigenvalue weighted by Crippen LogP contribution is 2.68. The van der Waals surface area contributed by atoms with Crippen LogP contribution in [0, 0.1) is 46.3 Å². The van der Waals surface area contributed by atoms with Gasteiger partial charge in [0, 0.05) is 19.0 Å². The van der Waals surface area contributed by atoms with E-state index in [2.05, 4.69) is 31.4 Å². The van der Waals surface area contributed by atoms with E-state index >= 15 is 0 Å². The number of nitrogens with one attached hydrogen (secondary N) is 2. The second-order valence-electron chi connectivity index (χ2n) is 14.6. The summed E-state index contributed by atoms with van der Waals surface area (Å²) in [6, 6.07) is 0.725. The second kappa shape index (κ2) is 11.7. The number of carbonyl (C=O) groups is 1. The Balaban J connectivity index is 1.06. The van der Waals surface area contributed by atoms with Gasteiger partial charge in [-0.25, -0.2) is 0 Å². The van der Waals surface area contributed by atoms with Crippen molar-refractivity contribution in [2.24, 2.45) is 46.3 Å². The summed E-state index contributed by atoms with van der Waals surface area (Å²) in [6.07, 6.45) is 24.6. The summed E-state index contributed by atoms with van der Waals surface area (Å²) in [4.78, 5) is 12.6. The monoisotopic (exact) mass is 498 g/mol. The molecule has 0 saturated heterocycles. The summed E-state index contributed by atoms with van der Waals surface area (Å²) < 4.78 is 0. The third-order valence-electron chi connectivity index (χ3n) is 12.9. The molecule has 5 aliphatic carbocycles. The lowest BCUT2D eigenvalue weighted by atomic mass is 9.44. The molecule has 5 saturated carbocycles. The van der Waals surface area contributed by atoms with Crippen molar-refractivity contribution in [1.29, 1.82) is 0 Å². The molecule has 206 valence electrons. The van der Waals surface area contributed by atoms with Gasteiger partial charge in [0.25, 0.3) is 0 Å². The van der Waals surface area contributed by atoms with Crippen LogP contribution in [-0.4, -0.2) is 25.0 Å². The van der Waals surface area contributed by atoms with Crippen LogP contribution in [-0.2, 0) is 4.79 Å². The number of hydrogen-bond acceptors (Lipinski definition) is 2. The van der Waals surface area contributed by atoms with Gasteiger partial charge in [0.2, 0.25) is 5.91 Å². The van der Waals surface area contributed by atoms with Gasteiger partial charge in [0.05, 0.1) is 0 Å². The van der Waals surface area contributed by atoms with Crippen LogP contribution in [0.5, 0.6) is 0 Å². The molecule has 0 heterocycles. The molecule has 36 heavy (non-hydrogen) atoms. The Morgan fingerprint density at radius 1 is 0.806 bits per heavy atom. The predicted octanol–water partition coefficient (Wildman–Crippen LogP) is 7.88. The van der Waals surface area contributed by atoms with Gasteiger partial charge in [-0.15, -0.1) is 0 Å². The number of hydrogen-bond donors (Lipinski definition) is 2. The molecule has 0 radical (unpaired) electrons. The third kappa shape index (κ3) is 5.43. The molecule has 5 aliphatic rings. The SMILES string of the molecule is C[C@H](CCC(=O)NCCCNC1CCCCC1)[C@H]1CC[C@H]2[C@@H]3CCC4CCCC[C@]4(C)[C@H]3CC[C@]12C. The third-order valence-corrected chi connectivity index (χ3v) is 12.9. The Morgan fingerprint density at radius 3 is 2.42 bits per heavy atom. The Kier molecular flexibility index (Phi) is 8.75. The minimum atomic E-state index is 0.284. The van der Waals surface area contributed by atoms with Crippen LogP contribution in [0.4, 0.5) is 0 Å². The highest BCUT2D eigenvalue weighted by atomic mass is 16.1. The first kappa shape index (κ1) is 27.0. The van der Waals surface area contributed by atoms with Gasteiger partial charge in [-0.05, 0) is 130 Å². The molecule has 0 aliphatic heterocycles. The molecule has 5 fully saturated rings. The molecule has 3 heteroatoms. The number of carbonyl (C=O) groups excluding carboxylic acids is 1. The van der Waals surface area contributed by atoms with Gasteiger partial charge in [-0.3, -0.25) is 4.79 Å². The molecule has 0 aromatic rings. The normalized spacial score (nSPS) is 41.7. The highest BCUT2D eigenvalue weighted by molar-refractivity contribution is 5.75. The van der Waals surface area contributed by atoms with E-state index in [0.29, 0.717) is 16.7 Å². The summed E-state index contributed by atoms with van der Waals surface area (Å²) in [5, 5.41) is 6.92. The average molecular weight is 499 g/mol. The van der Waals surface area contributed by atoms with Gasteiger partial charge < -0.3 is 10.6 Å². The first-order valence-corrected chi connectivity index (χ1v) is 16.4. The predicted molar refractivity (Wildman–Crippen MR) is 151 cm³/mol. The van der Waals surface area contributed by atoms with Crippen LogP contribution in [0.2, 0.25) is 0 Å². The van der Waals surface area contributed by atoms with E-state index in [9.17, 15) is 4.79 Å². The number of amides is 1. The topological polar surface area (TPSA) is 41.1 Å². The summed E-state index contributed by atoms with van der Waals surface area (Å²) in [5.41, 5.74) is 1.18. The fourth-order valence-corrected chi connectivity index (χ4v) is 10.8. The molecule has 0 bridgehead atoms. The average Bonchev–Trinajstić information content (AvgIpc) is 3.24. The van der Waals surface area contributed by atoms with E-state index in [1.807, 2.05) is 0 Å². The molecule has 1 amide bonds. The van der Waals surface area contributed by atoms with Crippen molar-refractivity contribution < 1.29 is 4.79 Å². The molecular formula is C33H58N2O. The zero-order valence-corrected chi connectivity index (χ0v) is 24.1. The van der Waals surface area contributed by atoms with Crippen LogP contribution < -0.4 is 10.6 Å². The van der Waals surface area contributed by atoms with Crippen molar-refractivity contribution in [3.05, 3.63) is 0 Å². The zero-order valence-electron chi connectivity index (χ0n) is 24.1. The second-order valence-corrected chi connectivity index (χ2v) is 14.6. The minimum absolute atomic E-state index is 0.284. The molecule has 0 spiro atoms. The smallest absolute Gasteiger partial charge is 0.220 e. The Hall–Kier alpha value is -0.570. The van der Waals surface area contributed by atoms with E-state index in [1.165, 1.54) is 96.3 Å². The number of rotatable bonds is 9. The molecule has 3 nitrogen and oxygen atoms in total. The fraction of sp³-hybridized carbons (Fsp3) is 0.970. The summed E-state index contributed by atoms with van der Waals surface area (Å²) >= 11 is 0. The molecule has 0 aromatic carbocycles. The first-order chi connectivity index (χ1) is 17.4. The maximum atomic E-state index is 12.6. The lowest BCUT2D eigenvalue weighted by molar-refractivity contribution is -0.122. The maximum absolute atomic E-state index is 12.6. The van der Waals surface area contributed by atoms with Crippen LogP contribution in [0.25, 0.3) is 0 Å². The van der Waals surface area contributed by atoms with Gasteiger partial charge >= 0.3 is 0 Å². The quantitative estimate of drug-likeness (QED) is 0.317. The molecule has 1 unspecified atom stereocenters. The molecule has 0 aromatic heterocycles. The lowest BCUT2D eigenvalue weighted by Gasteiger charge is -2.61. The molecule has 2 N–H and O–H groups in total. The van der Waals surface area contributed by atoms with Crippen LogP contribution in [0.1, 0.15) is 136 Å². The molecule has 8 atom stereocenters. The van der Waals surface area contributed by atoms with Gasteiger partial charge in [0.15, 0.2) is 0 Å². The van der Waals surface area contributed by atoms with E-state index in [4.69, 9.17) is 0 Å². The van der Waals surface area contributed by atoms with Gasteiger partial charge in [-0.2, -0.15) is 0 Å². The van der Waals surface area contributed by atoms with Crippen molar-refractivity contribution in [3.8, 4) is 0 Å². The maximum Gasteiger partial charge on any atom is 0.220 e. The van der Waals surface area contributed by atoms with E-state index in [0.717, 1.165) is 68.0 Å². The van der Waals surface area contributed by atoms with Crippen molar-refractivity contribution in [2.45, 2.75) is 142 Å². The number of fused-ring (bicyclic) bond motifs is 5. The zero-order chi connectivity index (χ0) is 25.2. The Bertz CT molecular complexity index is 731. The van der Waals surface area contributed by atoms with Crippen molar-refractivity contribution in [3.63, 3.8) is 0 Å². The Morgan fingerprint density at radius 2 is 1.58 bits per heavy atom. The van der Waals surface area contributed by atoms with E-state index < -0.39 is 0 Å². The molecule has 5 rings (SSSR count). The van der Waals surface area contributed by atoms with Crippen LogP contribution >= 0.6 is 0 Å². The largest absolute Gasteiger partial charge is 0.356 e. The Labute approximate surface area is 223 Å². The van der Waals surface area contributed by atoms with E-state index in [1.54, 1.807) is 0 Å². The minimum Gasteiger partial charge on any atom is -0.356 e. The molecular weight excluding hydrogens is 440 g/mol. The summed E-state index contributed by atoms with van der Waals surface area (Å²) in [7, 11) is 0. The first-order valence-electron chi connectivity index (χ1n) is 16.4. The fourth-order valence-electron chi connectivity index (χ4n) is 10.8. The van der Waals surface area contributed by atoms with E-state index in [-0.39, 0.29) is 5.91 Å². The summed E-state index contributed by atoms with van der Waals surface area (Å²) in [6.45, 7) is 9.74. The van der Waals surface area contributed by atoms with Crippen LogP contribution in [0.3, 0.4) is 0 Å². The van der Waals surface area contributed by atoms with Crippen molar-refractivity contribution in [1.82, 2.24) is 10.6 Å². The highest BCUT2D eigenvalue weighted by Gasteiger charge is 2.60. The van der Waals surface area contributed by atoms with Gasteiger partial charge in [-0.1, -0.05) is 52.9 Å². The van der Waals surface area contributed by atoms with Crippen molar-refractivity contribution in [2.75, 3.05) is 13.1 Å². The van der Waals surface area contributed by atoms with Crippen LogP contribution in [0.15, 0.2) is 0 Å².